The minimum absolute atomic E-state index is 0.175. The molecule has 2 N–H and O–H groups in total. The number of esters is 1. The number of ether oxygens (including phenoxy) is 1. The van der Waals surface area contributed by atoms with Crippen molar-refractivity contribution in [2.24, 2.45) is 5.41 Å². The van der Waals surface area contributed by atoms with Crippen LogP contribution < -0.4 is 10.6 Å². The van der Waals surface area contributed by atoms with Gasteiger partial charge in [0.2, 0.25) is 5.91 Å². The molecule has 28 heavy (non-hydrogen) atoms. The molecule has 3 amide bonds. The van der Waals surface area contributed by atoms with Gasteiger partial charge in [0.25, 0.3) is 11.8 Å². The maximum atomic E-state index is 12.1. The van der Waals surface area contributed by atoms with Gasteiger partial charge in [-0.25, -0.2) is 4.79 Å². The predicted octanol–water partition coefficient (Wildman–Crippen LogP) is 2.78. The standard InChI is InChI=1S/C21H22N2O5/c1-21(2,3)20(27)22-16-11-7-10-15(12-16)19(26)28-13-17(24)23-18(25)14-8-5-4-6-9-14/h4-12H,13H2,1-3H3,(H,22,27)(H,23,24,25). The molecule has 7 nitrogen and oxygen atoms in total. The fourth-order valence-corrected chi connectivity index (χ4v) is 2.08. The van der Waals surface area contributed by atoms with Crippen molar-refractivity contribution in [3.8, 4) is 0 Å². The average molecular weight is 382 g/mol. The van der Waals surface area contributed by atoms with Gasteiger partial charge in [-0.1, -0.05) is 45.0 Å². The van der Waals surface area contributed by atoms with Crippen molar-refractivity contribution in [2.75, 3.05) is 11.9 Å². The molecule has 7 heteroatoms. The zero-order valence-electron chi connectivity index (χ0n) is 15.9. The monoisotopic (exact) mass is 382 g/mol. The Morgan fingerprint density at radius 1 is 0.893 bits per heavy atom. The number of amides is 3. The summed E-state index contributed by atoms with van der Waals surface area (Å²) >= 11 is 0. The molecule has 0 aliphatic heterocycles. The molecule has 0 aliphatic carbocycles. The topological polar surface area (TPSA) is 102 Å². The van der Waals surface area contributed by atoms with E-state index in [1.807, 2.05) is 0 Å². The first-order chi connectivity index (χ1) is 13.2. The van der Waals surface area contributed by atoms with Gasteiger partial charge in [-0.15, -0.1) is 0 Å². The number of carbonyl (C=O) groups excluding carboxylic acids is 4. The molecular formula is C21H22N2O5. The van der Waals surface area contributed by atoms with Gasteiger partial charge >= 0.3 is 5.97 Å². The highest BCUT2D eigenvalue weighted by molar-refractivity contribution is 6.05. The van der Waals surface area contributed by atoms with E-state index < -0.39 is 29.8 Å². The van der Waals surface area contributed by atoms with Crippen LogP contribution in [0.25, 0.3) is 0 Å². The molecule has 0 fully saturated rings. The van der Waals surface area contributed by atoms with Crippen LogP contribution in [-0.2, 0) is 14.3 Å². The van der Waals surface area contributed by atoms with Gasteiger partial charge in [0.15, 0.2) is 6.61 Å². The number of rotatable bonds is 5. The molecule has 0 aromatic heterocycles. The van der Waals surface area contributed by atoms with Gasteiger partial charge in [-0.05, 0) is 30.3 Å². The number of carbonyl (C=O) groups is 4. The van der Waals surface area contributed by atoms with Gasteiger partial charge in [0.05, 0.1) is 5.56 Å². The number of nitrogens with one attached hydrogen (secondary N) is 2. The van der Waals surface area contributed by atoms with E-state index in [9.17, 15) is 19.2 Å². The third-order valence-corrected chi connectivity index (χ3v) is 3.66. The number of imide groups is 1. The maximum absolute atomic E-state index is 12.1. The van der Waals surface area contributed by atoms with Crippen molar-refractivity contribution in [1.29, 1.82) is 0 Å². The first kappa shape index (κ1) is 20.8. The minimum Gasteiger partial charge on any atom is -0.452 e. The maximum Gasteiger partial charge on any atom is 0.338 e. The fourth-order valence-electron chi connectivity index (χ4n) is 2.08. The molecular weight excluding hydrogens is 360 g/mol. The van der Waals surface area contributed by atoms with Gasteiger partial charge in [0.1, 0.15) is 0 Å². The lowest BCUT2D eigenvalue weighted by Crippen LogP contribution is -2.34. The quantitative estimate of drug-likeness (QED) is 0.775. The van der Waals surface area contributed by atoms with Crippen LogP contribution >= 0.6 is 0 Å². The number of hydrogen-bond donors (Lipinski definition) is 2. The van der Waals surface area contributed by atoms with E-state index in [0.29, 0.717) is 11.3 Å². The van der Waals surface area contributed by atoms with E-state index >= 15 is 0 Å². The molecule has 0 radical (unpaired) electrons. The second-order valence-corrected chi connectivity index (χ2v) is 7.10. The van der Waals surface area contributed by atoms with Crippen LogP contribution in [0.2, 0.25) is 0 Å². The summed E-state index contributed by atoms with van der Waals surface area (Å²) in [5, 5.41) is 4.86. The Morgan fingerprint density at radius 3 is 2.18 bits per heavy atom. The highest BCUT2D eigenvalue weighted by atomic mass is 16.5. The Hall–Kier alpha value is -3.48. The summed E-state index contributed by atoms with van der Waals surface area (Å²) in [5.41, 5.74) is 0.358. The molecule has 0 spiro atoms. The first-order valence-electron chi connectivity index (χ1n) is 8.64. The van der Waals surface area contributed by atoms with Gasteiger partial charge in [0, 0.05) is 16.7 Å². The van der Waals surface area contributed by atoms with E-state index in [0.717, 1.165) is 0 Å². The number of hydrogen-bond acceptors (Lipinski definition) is 5. The van der Waals surface area contributed by atoms with Crippen LogP contribution in [0.3, 0.4) is 0 Å². The lowest BCUT2D eigenvalue weighted by molar-refractivity contribution is -0.123. The molecule has 146 valence electrons. The van der Waals surface area contributed by atoms with Crippen molar-refractivity contribution in [2.45, 2.75) is 20.8 Å². The summed E-state index contributed by atoms with van der Waals surface area (Å²) in [6.07, 6.45) is 0. The highest BCUT2D eigenvalue weighted by Gasteiger charge is 2.21. The van der Waals surface area contributed by atoms with Crippen LogP contribution in [0.15, 0.2) is 54.6 Å². The van der Waals surface area contributed by atoms with Crippen LogP contribution in [-0.4, -0.2) is 30.3 Å². The summed E-state index contributed by atoms with van der Waals surface area (Å²) in [5.74, 6) is -2.25. The van der Waals surface area contributed by atoms with Crippen LogP contribution in [0.1, 0.15) is 41.5 Å². The molecule has 0 bridgehead atoms. The van der Waals surface area contributed by atoms with Gasteiger partial charge in [-0.3, -0.25) is 19.7 Å². The molecule has 2 aromatic carbocycles. The molecule has 0 aliphatic rings. The predicted molar refractivity (Wildman–Crippen MR) is 104 cm³/mol. The summed E-state index contributed by atoms with van der Waals surface area (Å²) < 4.78 is 4.94. The Morgan fingerprint density at radius 2 is 1.54 bits per heavy atom. The lowest BCUT2D eigenvalue weighted by atomic mass is 9.95. The smallest absolute Gasteiger partial charge is 0.338 e. The Bertz CT molecular complexity index is 885. The third kappa shape index (κ3) is 6.05. The second kappa shape index (κ2) is 8.94. The average Bonchev–Trinajstić information content (AvgIpc) is 2.66. The SMILES string of the molecule is CC(C)(C)C(=O)Nc1cccc(C(=O)OCC(=O)NC(=O)c2ccccc2)c1. The summed E-state index contributed by atoms with van der Waals surface area (Å²) in [6.45, 7) is 4.72. The molecule has 0 heterocycles. The summed E-state index contributed by atoms with van der Waals surface area (Å²) in [7, 11) is 0. The normalized spacial score (nSPS) is 10.7. The van der Waals surface area contributed by atoms with Crippen molar-refractivity contribution in [3.05, 3.63) is 65.7 Å². The molecule has 0 atom stereocenters. The third-order valence-electron chi connectivity index (χ3n) is 3.66. The second-order valence-electron chi connectivity index (χ2n) is 7.10. The summed E-state index contributed by atoms with van der Waals surface area (Å²) in [4.78, 5) is 47.9. The molecule has 2 rings (SSSR count). The zero-order chi connectivity index (χ0) is 20.7. The Labute approximate surface area is 163 Å². The van der Waals surface area contributed by atoms with E-state index in [1.54, 1.807) is 63.2 Å². The summed E-state index contributed by atoms with van der Waals surface area (Å²) in [6, 6.07) is 14.4. The van der Waals surface area contributed by atoms with E-state index in [-0.39, 0.29) is 11.5 Å². The molecule has 0 unspecified atom stereocenters. The van der Waals surface area contributed by atoms with Gasteiger partial charge in [-0.2, -0.15) is 0 Å². The zero-order valence-corrected chi connectivity index (χ0v) is 15.9. The Balaban J connectivity index is 1.90. The number of benzene rings is 2. The van der Waals surface area contributed by atoms with Crippen LogP contribution in [0.4, 0.5) is 5.69 Å². The largest absolute Gasteiger partial charge is 0.452 e. The van der Waals surface area contributed by atoms with Crippen molar-refractivity contribution in [1.82, 2.24) is 5.32 Å². The molecule has 0 saturated heterocycles. The fraction of sp³-hybridized carbons (Fsp3) is 0.238. The van der Waals surface area contributed by atoms with Crippen LogP contribution in [0, 0.1) is 5.41 Å². The van der Waals surface area contributed by atoms with Crippen molar-refractivity contribution < 1.29 is 23.9 Å². The Kier molecular flexibility index (Phi) is 6.65. The van der Waals surface area contributed by atoms with Crippen LogP contribution in [0.5, 0.6) is 0 Å². The molecule has 2 aromatic rings. The molecule has 0 saturated carbocycles. The highest BCUT2D eigenvalue weighted by Crippen LogP contribution is 2.18. The number of anilines is 1. The van der Waals surface area contributed by atoms with Crippen molar-refractivity contribution >= 4 is 29.4 Å². The van der Waals surface area contributed by atoms with Gasteiger partial charge < -0.3 is 10.1 Å². The van der Waals surface area contributed by atoms with E-state index in [2.05, 4.69) is 10.6 Å². The first-order valence-corrected chi connectivity index (χ1v) is 8.64. The van der Waals surface area contributed by atoms with Crippen molar-refractivity contribution in [3.63, 3.8) is 0 Å². The van der Waals surface area contributed by atoms with E-state index in [1.165, 1.54) is 12.1 Å². The lowest BCUT2D eigenvalue weighted by Gasteiger charge is -2.17. The van der Waals surface area contributed by atoms with E-state index in [4.69, 9.17) is 4.74 Å². The minimum atomic E-state index is -0.742.